The Morgan fingerprint density at radius 1 is 1.26 bits per heavy atom. The molecule has 1 fully saturated rings. The lowest BCUT2D eigenvalue weighted by atomic mass is 10.0. The normalized spacial score (nSPS) is 17.1. The molecule has 3 rings (SSSR count). The van der Waals surface area contributed by atoms with Crippen LogP contribution in [0.1, 0.15) is 70.8 Å². The summed E-state index contributed by atoms with van der Waals surface area (Å²) in [4.78, 5) is 34.5. The van der Waals surface area contributed by atoms with Crippen molar-refractivity contribution in [2.24, 2.45) is 0 Å². The zero-order valence-corrected chi connectivity index (χ0v) is 16.8. The van der Waals surface area contributed by atoms with Crippen molar-refractivity contribution in [3.63, 3.8) is 0 Å². The number of nitrogens with zero attached hydrogens (tertiary/aromatic N) is 2. The van der Waals surface area contributed by atoms with Gasteiger partial charge in [-0.1, -0.05) is 0 Å². The molecule has 2 aromatic rings. The summed E-state index contributed by atoms with van der Waals surface area (Å²) in [5, 5.41) is 2.90. The standard InChI is InChI=1S/C21H28N4O2/c1-12-10-17(11-22-20(12)25-9-7-6-8-13(25)2)24-21(27)19-14(3)18(16(5)26)15(4)23-19/h10-11,13,23H,6-9H2,1-5H3,(H,24,27). The third-order valence-electron chi connectivity index (χ3n) is 5.40. The molecule has 144 valence electrons. The summed E-state index contributed by atoms with van der Waals surface area (Å²) in [6, 6.07) is 2.44. The van der Waals surface area contributed by atoms with Gasteiger partial charge in [-0.2, -0.15) is 0 Å². The first-order valence-corrected chi connectivity index (χ1v) is 9.54. The summed E-state index contributed by atoms with van der Waals surface area (Å²) in [6.45, 7) is 10.4. The van der Waals surface area contributed by atoms with E-state index >= 15 is 0 Å². The van der Waals surface area contributed by atoms with E-state index in [2.05, 4.69) is 27.1 Å². The minimum Gasteiger partial charge on any atom is -0.354 e. The van der Waals surface area contributed by atoms with Crippen molar-refractivity contribution in [1.29, 1.82) is 0 Å². The predicted molar refractivity (Wildman–Crippen MR) is 108 cm³/mol. The lowest BCUT2D eigenvalue weighted by Crippen LogP contribution is -2.38. The van der Waals surface area contributed by atoms with Crippen molar-refractivity contribution in [3.05, 3.63) is 40.3 Å². The number of hydrogen-bond acceptors (Lipinski definition) is 4. The number of ketones is 1. The van der Waals surface area contributed by atoms with Gasteiger partial charge in [-0.3, -0.25) is 9.59 Å². The zero-order valence-electron chi connectivity index (χ0n) is 16.8. The van der Waals surface area contributed by atoms with Crippen LogP contribution in [-0.2, 0) is 0 Å². The molecule has 2 N–H and O–H groups in total. The number of amides is 1. The predicted octanol–water partition coefficient (Wildman–Crippen LogP) is 4.17. The van der Waals surface area contributed by atoms with Crippen LogP contribution in [0.25, 0.3) is 0 Å². The van der Waals surface area contributed by atoms with Crippen molar-refractivity contribution in [1.82, 2.24) is 9.97 Å². The topological polar surface area (TPSA) is 78.1 Å². The van der Waals surface area contributed by atoms with Crippen molar-refractivity contribution < 1.29 is 9.59 Å². The Morgan fingerprint density at radius 3 is 2.59 bits per heavy atom. The highest BCUT2D eigenvalue weighted by Gasteiger charge is 2.22. The molecule has 1 aliphatic heterocycles. The second kappa shape index (κ2) is 7.55. The minimum atomic E-state index is -0.261. The van der Waals surface area contributed by atoms with Gasteiger partial charge < -0.3 is 15.2 Å². The number of carbonyl (C=O) groups is 2. The number of anilines is 2. The number of piperidine rings is 1. The molecule has 1 amide bonds. The number of aryl methyl sites for hydroxylation is 2. The van der Waals surface area contributed by atoms with E-state index in [1.165, 1.54) is 26.2 Å². The largest absolute Gasteiger partial charge is 0.354 e. The number of pyridine rings is 1. The van der Waals surface area contributed by atoms with Crippen molar-refractivity contribution in [3.8, 4) is 0 Å². The molecule has 1 aliphatic rings. The zero-order chi connectivity index (χ0) is 19.7. The fourth-order valence-electron chi connectivity index (χ4n) is 4.05. The highest BCUT2D eigenvalue weighted by atomic mass is 16.2. The maximum atomic E-state index is 12.7. The van der Waals surface area contributed by atoms with Crippen LogP contribution < -0.4 is 10.2 Å². The summed E-state index contributed by atoms with van der Waals surface area (Å²) in [5.41, 5.74) is 4.11. The van der Waals surface area contributed by atoms with E-state index in [-0.39, 0.29) is 11.7 Å². The quantitative estimate of drug-likeness (QED) is 0.794. The number of nitrogens with one attached hydrogen (secondary N) is 2. The second-order valence-corrected chi connectivity index (χ2v) is 7.54. The van der Waals surface area contributed by atoms with E-state index in [0.29, 0.717) is 34.2 Å². The first-order valence-electron chi connectivity index (χ1n) is 9.54. The number of H-pyrrole nitrogens is 1. The fraction of sp³-hybridized carbons (Fsp3) is 0.476. The molecule has 0 saturated carbocycles. The van der Waals surface area contributed by atoms with Crippen LogP contribution in [0.4, 0.5) is 11.5 Å². The van der Waals surface area contributed by atoms with Crippen LogP contribution >= 0.6 is 0 Å². The van der Waals surface area contributed by atoms with E-state index in [9.17, 15) is 9.59 Å². The van der Waals surface area contributed by atoms with Crippen LogP contribution in [0.2, 0.25) is 0 Å². The number of Topliss-reactive ketones (excluding diaryl/α,β-unsaturated/α-hetero) is 1. The Hall–Kier alpha value is -2.63. The van der Waals surface area contributed by atoms with Gasteiger partial charge in [0.25, 0.3) is 5.91 Å². The number of carbonyl (C=O) groups excluding carboxylic acids is 2. The maximum absolute atomic E-state index is 12.7. The van der Waals surface area contributed by atoms with Crippen LogP contribution in [0, 0.1) is 20.8 Å². The summed E-state index contributed by atoms with van der Waals surface area (Å²) in [6.07, 6.45) is 5.35. The molecule has 0 radical (unpaired) electrons. The van der Waals surface area contributed by atoms with Crippen LogP contribution in [0.3, 0.4) is 0 Å². The van der Waals surface area contributed by atoms with Gasteiger partial charge in [-0.05, 0) is 71.1 Å². The van der Waals surface area contributed by atoms with Gasteiger partial charge in [0.15, 0.2) is 5.78 Å². The van der Waals surface area contributed by atoms with E-state index in [4.69, 9.17) is 0 Å². The Bertz CT molecular complexity index is 885. The number of aromatic nitrogens is 2. The number of aromatic amines is 1. The molecule has 6 nitrogen and oxygen atoms in total. The van der Waals surface area contributed by atoms with Gasteiger partial charge >= 0.3 is 0 Å². The van der Waals surface area contributed by atoms with E-state index < -0.39 is 0 Å². The summed E-state index contributed by atoms with van der Waals surface area (Å²) in [7, 11) is 0. The average molecular weight is 368 g/mol. The highest BCUT2D eigenvalue weighted by Crippen LogP contribution is 2.27. The monoisotopic (exact) mass is 368 g/mol. The van der Waals surface area contributed by atoms with Gasteiger partial charge in [0.1, 0.15) is 11.5 Å². The molecular weight excluding hydrogens is 340 g/mol. The average Bonchev–Trinajstić information content (AvgIpc) is 2.90. The molecule has 1 saturated heterocycles. The first-order chi connectivity index (χ1) is 12.8. The Kier molecular flexibility index (Phi) is 5.35. The van der Waals surface area contributed by atoms with Crippen molar-refractivity contribution in [2.75, 3.05) is 16.8 Å². The summed E-state index contributed by atoms with van der Waals surface area (Å²) in [5.74, 6) is 0.687. The summed E-state index contributed by atoms with van der Waals surface area (Å²) < 4.78 is 0. The third kappa shape index (κ3) is 3.75. The smallest absolute Gasteiger partial charge is 0.272 e. The van der Waals surface area contributed by atoms with Crippen molar-refractivity contribution in [2.45, 2.75) is 59.9 Å². The molecule has 1 unspecified atom stereocenters. The Morgan fingerprint density at radius 2 is 2.00 bits per heavy atom. The molecule has 6 heteroatoms. The molecule has 1 atom stereocenters. The Balaban J connectivity index is 1.80. The van der Waals surface area contributed by atoms with Crippen LogP contribution in [-0.4, -0.2) is 34.2 Å². The van der Waals surface area contributed by atoms with Crippen molar-refractivity contribution >= 4 is 23.2 Å². The van der Waals surface area contributed by atoms with Gasteiger partial charge in [-0.15, -0.1) is 0 Å². The molecule has 0 spiro atoms. The van der Waals surface area contributed by atoms with Crippen LogP contribution in [0.15, 0.2) is 12.3 Å². The second-order valence-electron chi connectivity index (χ2n) is 7.54. The molecule has 27 heavy (non-hydrogen) atoms. The highest BCUT2D eigenvalue weighted by molar-refractivity contribution is 6.07. The maximum Gasteiger partial charge on any atom is 0.272 e. The Labute approximate surface area is 160 Å². The van der Waals surface area contributed by atoms with Gasteiger partial charge in [0.2, 0.25) is 0 Å². The van der Waals surface area contributed by atoms with Gasteiger partial charge in [0, 0.05) is 23.8 Å². The molecule has 0 aliphatic carbocycles. The number of hydrogen-bond donors (Lipinski definition) is 2. The van der Waals surface area contributed by atoms with E-state index in [1.807, 2.05) is 13.0 Å². The number of rotatable bonds is 4. The lowest BCUT2D eigenvalue weighted by Gasteiger charge is -2.35. The fourth-order valence-corrected chi connectivity index (χ4v) is 4.05. The lowest BCUT2D eigenvalue weighted by molar-refractivity contribution is 0.101. The SMILES string of the molecule is CC(=O)c1c(C)[nH]c(C(=O)Nc2cnc(N3CCCCC3C)c(C)c2)c1C. The van der Waals surface area contributed by atoms with E-state index in [0.717, 1.165) is 17.9 Å². The molecule has 3 heterocycles. The van der Waals surface area contributed by atoms with Crippen LogP contribution in [0.5, 0.6) is 0 Å². The first kappa shape index (κ1) is 19.1. The van der Waals surface area contributed by atoms with Gasteiger partial charge in [0.05, 0.1) is 11.9 Å². The van der Waals surface area contributed by atoms with E-state index in [1.54, 1.807) is 20.0 Å². The molecule has 0 bridgehead atoms. The minimum absolute atomic E-state index is 0.0437. The molecule has 0 aromatic carbocycles. The summed E-state index contributed by atoms with van der Waals surface area (Å²) >= 11 is 0. The molecule has 2 aromatic heterocycles. The molecular formula is C21H28N4O2. The van der Waals surface area contributed by atoms with Gasteiger partial charge in [-0.25, -0.2) is 4.98 Å². The third-order valence-corrected chi connectivity index (χ3v) is 5.40.